The summed E-state index contributed by atoms with van der Waals surface area (Å²) in [5.74, 6) is 0.904. The second kappa shape index (κ2) is 9.80. The van der Waals surface area contributed by atoms with Crippen LogP contribution in [0.1, 0.15) is 11.1 Å². The Kier molecular flexibility index (Phi) is 6.68. The van der Waals surface area contributed by atoms with Crippen LogP contribution in [-0.2, 0) is 22.6 Å². The van der Waals surface area contributed by atoms with E-state index in [1.807, 2.05) is 12.1 Å². The summed E-state index contributed by atoms with van der Waals surface area (Å²) in [6.45, 7) is 3.60. The van der Waals surface area contributed by atoms with E-state index in [0.717, 1.165) is 41.8 Å². The Balaban J connectivity index is 1.27. The Morgan fingerprint density at radius 2 is 1.87 bits per heavy atom. The number of ether oxygens (including phenoxy) is 1. The van der Waals surface area contributed by atoms with Crippen molar-refractivity contribution in [1.29, 1.82) is 0 Å². The fraction of sp³-hybridized carbons (Fsp3) is 0.333. The smallest absolute Gasteiger partial charge is 0.319 e. The SMILES string of the molecule is O=C(NCc1ccnc(N2CCOCC2)c1)Nc1ccc(CN2C(=O)CSC2=O)cc1. The van der Waals surface area contributed by atoms with E-state index < -0.39 is 0 Å². The molecule has 9 nitrogen and oxygen atoms in total. The van der Waals surface area contributed by atoms with Crippen molar-refractivity contribution in [2.75, 3.05) is 42.3 Å². The van der Waals surface area contributed by atoms with E-state index >= 15 is 0 Å². The Morgan fingerprint density at radius 1 is 1.10 bits per heavy atom. The van der Waals surface area contributed by atoms with Crippen molar-refractivity contribution in [1.82, 2.24) is 15.2 Å². The number of amides is 4. The number of benzene rings is 1. The molecule has 2 aliphatic heterocycles. The van der Waals surface area contributed by atoms with Gasteiger partial charge < -0.3 is 20.3 Å². The zero-order valence-electron chi connectivity index (χ0n) is 16.9. The van der Waals surface area contributed by atoms with Crippen molar-refractivity contribution in [3.63, 3.8) is 0 Å². The minimum Gasteiger partial charge on any atom is -0.378 e. The van der Waals surface area contributed by atoms with Gasteiger partial charge in [0, 0.05) is 31.5 Å². The van der Waals surface area contributed by atoms with Crippen molar-refractivity contribution in [2.24, 2.45) is 0 Å². The molecular formula is C21H23N5O4S. The molecule has 31 heavy (non-hydrogen) atoms. The van der Waals surface area contributed by atoms with Gasteiger partial charge in [-0.25, -0.2) is 9.78 Å². The van der Waals surface area contributed by atoms with E-state index in [-0.39, 0.29) is 29.5 Å². The molecule has 0 atom stereocenters. The molecule has 0 aliphatic carbocycles. The number of hydrogen-bond acceptors (Lipinski definition) is 7. The number of nitrogens with zero attached hydrogens (tertiary/aromatic N) is 3. The molecule has 4 rings (SSSR count). The molecule has 10 heteroatoms. The number of carbonyl (C=O) groups is 3. The molecule has 0 bridgehead atoms. The molecule has 0 spiro atoms. The number of hydrogen-bond donors (Lipinski definition) is 2. The monoisotopic (exact) mass is 441 g/mol. The van der Waals surface area contributed by atoms with E-state index in [2.05, 4.69) is 20.5 Å². The second-order valence-electron chi connectivity index (χ2n) is 7.16. The number of thioether (sulfide) groups is 1. The lowest BCUT2D eigenvalue weighted by atomic mass is 10.2. The van der Waals surface area contributed by atoms with Crippen LogP contribution < -0.4 is 15.5 Å². The number of anilines is 2. The third-order valence-corrected chi connectivity index (χ3v) is 5.85. The van der Waals surface area contributed by atoms with Crippen LogP contribution in [0.15, 0.2) is 42.6 Å². The number of nitrogens with one attached hydrogen (secondary N) is 2. The zero-order chi connectivity index (χ0) is 21.6. The van der Waals surface area contributed by atoms with Gasteiger partial charge in [0.25, 0.3) is 5.24 Å². The molecule has 2 N–H and O–H groups in total. The minimum absolute atomic E-state index is 0.176. The number of aromatic nitrogens is 1. The summed E-state index contributed by atoms with van der Waals surface area (Å²) >= 11 is 1.02. The highest BCUT2D eigenvalue weighted by atomic mass is 32.2. The van der Waals surface area contributed by atoms with Crippen molar-refractivity contribution in [3.8, 4) is 0 Å². The standard InChI is InChI=1S/C21H23N5O4S/c27-19-14-31-21(29)26(19)13-15-1-3-17(4-2-15)24-20(28)23-12-16-5-6-22-18(11-16)25-7-9-30-10-8-25/h1-6,11H,7-10,12-14H2,(H2,23,24,28). The van der Waals surface area contributed by atoms with E-state index in [1.165, 1.54) is 4.90 Å². The lowest BCUT2D eigenvalue weighted by Crippen LogP contribution is -2.36. The van der Waals surface area contributed by atoms with Gasteiger partial charge in [-0.3, -0.25) is 14.5 Å². The van der Waals surface area contributed by atoms with Crippen LogP contribution >= 0.6 is 11.8 Å². The normalized spacial score (nSPS) is 16.5. The van der Waals surface area contributed by atoms with Crippen LogP contribution in [0.5, 0.6) is 0 Å². The van der Waals surface area contributed by atoms with Crippen LogP contribution in [0.25, 0.3) is 0 Å². The molecule has 162 valence electrons. The van der Waals surface area contributed by atoms with Gasteiger partial charge in [-0.15, -0.1) is 0 Å². The van der Waals surface area contributed by atoms with Crippen LogP contribution in [0.2, 0.25) is 0 Å². The van der Waals surface area contributed by atoms with E-state index in [4.69, 9.17) is 4.74 Å². The highest BCUT2D eigenvalue weighted by Gasteiger charge is 2.29. The first-order chi connectivity index (χ1) is 15.1. The molecular weight excluding hydrogens is 418 g/mol. The maximum atomic E-state index is 12.3. The lowest BCUT2D eigenvalue weighted by Gasteiger charge is -2.28. The van der Waals surface area contributed by atoms with Gasteiger partial charge in [0.15, 0.2) is 0 Å². The molecule has 0 unspecified atom stereocenters. The van der Waals surface area contributed by atoms with Crippen LogP contribution in [0.3, 0.4) is 0 Å². The average molecular weight is 442 g/mol. The Labute approximate surface area is 184 Å². The summed E-state index contributed by atoms with van der Waals surface area (Å²) < 4.78 is 5.37. The average Bonchev–Trinajstić information content (AvgIpc) is 3.12. The number of pyridine rings is 1. The minimum atomic E-state index is -0.321. The predicted octanol–water partition coefficient (Wildman–Crippen LogP) is 2.44. The van der Waals surface area contributed by atoms with E-state index in [0.29, 0.717) is 25.4 Å². The van der Waals surface area contributed by atoms with E-state index in [9.17, 15) is 14.4 Å². The maximum Gasteiger partial charge on any atom is 0.319 e. The molecule has 4 amide bonds. The Bertz CT molecular complexity index is 946. The van der Waals surface area contributed by atoms with Crippen LogP contribution in [-0.4, -0.2) is 59.1 Å². The quantitative estimate of drug-likeness (QED) is 0.710. The van der Waals surface area contributed by atoms with Gasteiger partial charge in [-0.1, -0.05) is 23.9 Å². The van der Waals surface area contributed by atoms with Gasteiger partial charge >= 0.3 is 6.03 Å². The molecule has 1 aromatic carbocycles. The first kappa shape index (κ1) is 21.1. The number of imide groups is 1. The summed E-state index contributed by atoms with van der Waals surface area (Å²) in [4.78, 5) is 43.5. The number of urea groups is 1. The molecule has 1 aromatic heterocycles. The number of morpholine rings is 1. The number of carbonyl (C=O) groups excluding carboxylic acids is 3. The van der Waals surface area contributed by atoms with Crippen molar-refractivity contribution in [2.45, 2.75) is 13.1 Å². The van der Waals surface area contributed by atoms with Gasteiger partial charge in [0.1, 0.15) is 5.82 Å². The first-order valence-corrected chi connectivity index (χ1v) is 11.0. The third kappa shape index (κ3) is 5.53. The topological polar surface area (TPSA) is 104 Å². The van der Waals surface area contributed by atoms with Crippen molar-refractivity contribution in [3.05, 3.63) is 53.7 Å². The highest BCUT2D eigenvalue weighted by Crippen LogP contribution is 2.22. The number of rotatable bonds is 6. The lowest BCUT2D eigenvalue weighted by molar-refractivity contribution is -0.125. The first-order valence-electron chi connectivity index (χ1n) is 9.97. The van der Waals surface area contributed by atoms with Gasteiger partial charge in [0.05, 0.1) is 25.5 Å². The summed E-state index contributed by atoms with van der Waals surface area (Å²) in [7, 11) is 0. The van der Waals surface area contributed by atoms with Gasteiger partial charge in [-0.2, -0.15) is 0 Å². The fourth-order valence-corrected chi connectivity index (χ4v) is 4.03. The van der Waals surface area contributed by atoms with E-state index in [1.54, 1.807) is 30.5 Å². The molecule has 0 radical (unpaired) electrons. The Hall–Kier alpha value is -3.11. The maximum absolute atomic E-state index is 12.3. The summed E-state index contributed by atoms with van der Waals surface area (Å²) in [6.07, 6.45) is 1.74. The molecule has 3 heterocycles. The van der Waals surface area contributed by atoms with Crippen LogP contribution in [0, 0.1) is 0 Å². The summed E-state index contributed by atoms with van der Waals surface area (Å²) in [5, 5.41) is 5.40. The largest absolute Gasteiger partial charge is 0.378 e. The van der Waals surface area contributed by atoms with Gasteiger partial charge in [0.2, 0.25) is 5.91 Å². The van der Waals surface area contributed by atoms with Crippen molar-refractivity contribution >= 4 is 40.4 Å². The summed E-state index contributed by atoms with van der Waals surface area (Å²) in [5.41, 5.74) is 2.40. The molecule has 2 fully saturated rings. The van der Waals surface area contributed by atoms with Crippen molar-refractivity contribution < 1.29 is 19.1 Å². The molecule has 2 aliphatic rings. The zero-order valence-corrected chi connectivity index (χ0v) is 17.7. The molecule has 2 saturated heterocycles. The highest BCUT2D eigenvalue weighted by molar-refractivity contribution is 8.14. The predicted molar refractivity (Wildman–Crippen MR) is 118 cm³/mol. The summed E-state index contributed by atoms with van der Waals surface area (Å²) in [6, 6.07) is 10.6. The second-order valence-corrected chi connectivity index (χ2v) is 8.09. The Morgan fingerprint density at radius 3 is 2.58 bits per heavy atom. The third-order valence-electron chi connectivity index (χ3n) is 4.99. The fourth-order valence-electron chi connectivity index (χ4n) is 3.30. The van der Waals surface area contributed by atoms with Crippen LogP contribution in [0.4, 0.5) is 21.1 Å². The van der Waals surface area contributed by atoms with Gasteiger partial charge in [-0.05, 0) is 35.4 Å². The molecule has 0 saturated carbocycles. The molecule has 2 aromatic rings.